The first-order chi connectivity index (χ1) is 8.92. The van der Waals surface area contributed by atoms with E-state index in [9.17, 15) is 0 Å². The standard InChI is InChI=1S/C15H22N2O/c1-2-13-10-14(3-4-15(13)18-9-1)17-8-6-12-5-7-16-11-12/h3-4,10,12,16-17H,1-2,5-9,11H2. The zero-order valence-corrected chi connectivity index (χ0v) is 10.9. The van der Waals surface area contributed by atoms with Gasteiger partial charge in [0.2, 0.25) is 0 Å². The molecule has 2 aliphatic heterocycles. The first-order valence-corrected chi connectivity index (χ1v) is 7.12. The molecule has 3 nitrogen and oxygen atoms in total. The van der Waals surface area contributed by atoms with Crippen LogP contribution in [0.2, 0.25) is 0 Å². The van der Waals surface area contributed by atoms with Crippen LogP contribution in [0.15, 0.2) is 18.2 Å². The molecule has 2 heterocycles. The molecule has 1 aromatic rings. The summed E-state index contributed by atoms with van der Waals surface area (Å²) in [5.74, 6) is 1.94. The minimum absolute atomic E-state index is 0.860. The van der Waals surface area contributed by atoms with E-state index in [1.165, 1.54) is 37.2 Å². The quantitative estimate of drug-likeness (QED) is 0.856. The van der Waals surface area contributed by atoms with Crippen LogP contribution in [0.25, 0.3) is 0 Å². The summed E-state index contributed by atoms with van der Waals surface area (Å²) < 4.78 is 5.63. The lowest BCUT2D eigenvalue weighted by Crippen LogP contribution is -2.13. The Balaban J connectivity index is 1.52. The molecule has 3 heteroatoms. The highest BCUT2D eigenvalue weighted by molar-refractivity contribution is 5.51. The largest absolute Gasteiger partial charge is 0.493 e. The van der Waals surface area contributed by atoms with E-state index in [0.717, 1.165) is 37.7 Å². The maximum absolute atomic E-state index is 5.63. The Morgan fingerprint density at radius 1 is 1.39 bits per heavy atom. The molecule has 2 N–H and O–H groups in total. The minimum Gasteiger partial charge on any atom is -0.493 e. The summed E-state index contributed by atoms with van der Waals surface area (Å²) in [7, 11) is 0. The monoisotopic (exact) mass is 246 g/mol. The third kappa shape index (κ3) is 2.78. The molecular weight excluding hydrogens is 224 g/mol. The molecule has 98 valence electrons. The number of ether oxygens (including phenoxy) is 1. The number of hydrogen-bond donors (Lipinski definition) is 2. The first kappa shape index (κ1) is 11.8. The summed E-state index contributed by atoms with van der Waals surface area (Å²) in [6.45, 7) is 4.33. The van der Waals surface area contributed by atoms with E-state index < -0.39 is 0 Å². The Bertz CT molecular complexity index is 399. The van der Waals surface area contributed by atoms with Crippen LogP contribution in [0.1, 0.15) is 24.8 Å². The fraction of sp³-hybridized carbons (Fsp3) is 0.600. The van der Waals surface area contributed by atoms with Crippen LogP contribution in [0.3, 0.4) is 0 Å². The maximum atomic E-state index is 5.63. The summed E-state index contributed by atoms with van der Waals surface area (Å²) >= 11 is 0. The third-order valence-electron chi connectivity index (χ3n) is 3.95. The molecule has 0 saturated carbocycles. The van der Waals surface area contributed by atoms with Crippen molar-refractivity contribution in [1.82, 2.24) is 5.32 Å². The minimum atomic E-state index is 0.860. The van der Waals surface area contributed by atoms with E-state index in [4.69, 9.17) is 4.74 Å². The molecule has 1 aromatic carbocycles. The zero-order valence-electron chi connectivity index (χ0n) is 10.9. The molecule has 0 radical (unpaired) electrons. The average molecular weight is 246 g/mol. The molecule has 0 spiro atoms. The summed E-state index contributed by atoms with van der Waals surface area (Å²) in [4.78, 5) is 0. The summed E-state index contributed by atoms with van der Waals surface area (Å²) in [6, 6.07) is 6.49. The Morgan fingerprint density at radius 3 is 3.28 bits per heavy atom. The van der Waals surface area contributed by atoms with E-state index in [1.54, 1.807) is 0 Å². The molecule has 1 fully saturated rings. The van der Waals surface area contributed by atoms with Gasteiger partial charge in [-0.1, -0.05) is 0 Å². The van der Waals surface area contributed by atoms with Gasteiger partial charge >= 0.3 is 0 Å². The lowest BCUT2D eigenvalue weighted by Gasteiger charge is -2.18. The van der Waals surface area contributed by atoms with Crippen molar-refractivity contribution in [3.63, 3.8) is 0 Å². The topological polar surface area (TPSA) is 33.3 Å². The molecular formula is C15H22N2O. The number of nitrogens with one attached hydrogen (secondary N) is 2. The molecule has 0 aliphatic carbocycles. The SMILES string of the molecule is c1cc2c(cc1NCCC1CCNC1)CCCO2. The highest BCUT2D eigenvalue weighted by atomic mass is 16.5. The number of anilines is 1. The van der Waals surface area contributed by atoms with Crippen molar-refractivity contribution >= 4 is 5.69 Å². The Morgan fingerprint density at radius 2 is 2.39 bits per heavy atom. The van der Waals surface area contributed by atoms with Crippen molar-refractivity contribution in [2.75, 3.05) is 31.6 Å². The summed E-state index contributed by atoms with van der Waals surface area (Å²) in [5, 5.41) is 6.96. The van der Waals surface area contributed by atoms with Gasteiger partial charge in [0.25, 0.3) is 0 Å². The Hall–Kier alpha value is -1.22. The number of benzene rings is 1. The predicted octanol–water partition coefficient (Wildman–Crippen LogP) is 2.42. The van der Waals surface area contributed by atoms with Crippen LogP contribution in [0.5, 0.6) is 5.75 Å². The lowest BCUT2D eigenvalue weighted by atomic mass is 10.0. The van der Waals surface area contributed by atoms with Gasteiger partial charge in [-0.25, -0.2) is 0 Å². The van der Waals surface area contributed by atoms with Gasteiger partial charge in [-0.3, -0.25) is 0 Å². The summed E-state index contributed by atoms with van der Waals surface area (Å²) in [6.07, 6.45) is 4.89. The van der Waals surface area contributed by atoms with E-state index in [1.807, 2.05) is 0 Å². The molecule has 0 amide bonds. The molecule has 1 unspecified atom stereocenters. The first-order valence-electron chi connectivity index (χ1n) is 7.12. The van der Waals surface area contributed by atoms with Crippen LogP contribution < -0.4 is 15.4 Å². The van der Waals surface area contributed by atoms with Crippen LogP contribution in [-0.2, 0) is 6.42 Å². The van der Waals surface area contributed by atoms with Crippen LogP contribution >= 0.6 is 0 Å². The fourth-order valence-electron chi connectivity index (χ4n) is 2.85. The summed E-state index contributed by atoms with van der Waals surface area (Å²) in [5.41, 5.74) is 2.60. The van der Waals surface area contributed by atoms with Gasteiger partial charge in [0, 0.05) is 12.2 Å². The molecule has 1 saturated heterocycles. The van der Waals surface area contributed by atoms with Gasteiger partial charge in [-0.2, -0.15) is 0 Å². The van der Waals surface area contributed by atoms with Crippen molar-refractivity contribution < 1.29 is 4.74 Å². The van der Waals surface area contributed by atoms with Crippen LogP contribution in [-0.4, -0.2) is 26.2 Å². The van der Waals surface area contributed by atoms with Crippen molar-refractivity contribution in [3.05, 3.63) is 23.8 Å². The second-order valence-electron chi connectivity index (χ2n) is 5.35. The fourth-order valence-corrected chi connectivity index (χ4v) is 2.85. The van der Waals surface area contributed by atoms with Crippen molar-refractivity contribution in [2.24, 2.45) is 5.92 Å². The van der Waals surface area contributed by atoms with Crippen molar-refractivity contribution in [3.8, 4) is 5.75 Å². The average Bonchev–Trinajstić information content (AvgIpc) is 2.92. The van der Waals surface area contributed by atoms with Gasteiger partial charge in [0.05, 0.1) is 6.61 Å². The van der Waals surface area contributed by atoms with E-state index in [0.29, 0.717) is 0 Å². The molecule has 2 aliphatic rings. The van der Waals surface area contributed by atoms with Crippen LogP contribution in [0.4, 0.5) is 5.69 Å². The molecule has 3 rings (SSSR count). The van der Waals surface area contributed by atoms with Crippen molar-refractivity contribution in [2.45, 2.75) is 25.7 Å². The predicted molar refractivity (Wildman–Crippen MR) is 74.3 cm³/mol. The third-order valence-corrected chi connectivity index (χ3v) is 3.95. The van der Waals surface area contributed by atoms with E-state index in [2.05, 4.69) is 28.8 Å². The van der Waals surface area contributed by atoms with Gasteiger partial charge in [-0.15, -0.1) is 0 Å². The van der Waals surface area contributed by atoms with E-state index >= 15 is 0 Å². The second-order valence-corrected chi connectivity index (χ2v) is 5.35. The molecule has 18 heavy (non-hydrogen) atoms. The highest BCUT2D eigenvalue weighted by Crippen LogP contribution is 2.27. The van der Waals surface area contributed by atoms with Gasteiger partial charge in [0.15, 0.2) is 0 Å². The molecule has 1 atom stereocenters. The number of rotatable bonds is 4. The van der Waals surface area contributed by atoms with E-state index in [-0.39, 0.29) is 0 Å². The Labute approximate surface area is 109 Å². The van der Waals surface area contributed by atoms with Gasteiger partial charge < -0.3 is 15.4 Å². The Kier molecular flexibility index (Phi) is 3.69. The van der Waals surface area contributed by atoms with Gasteiger partial charge in [-0.05, 0) is 68.5 Å². The maximum Gasteiger partial charge on any atom is 0.122 e. The number of fused-ring (bicyclic) bond motifs is 1. The highest BCUT2D eigenvalue weighted by Gasteiger charge is 2.14. The molecule has 0 bridgehead atoms. The smallest absolute Gasteiger partial charge is 0.122 e. The van der Waals surface area contributed by atoms with Crippen LogP contribution in [0, 0.1) is 5.92 Å². The lowest BCUT2D eigenvalue weighted by molar-refractivity contribution is 0.288. The number of aryl methyl sites for hydroxylation is 1. The van der Waals surface area contributed by atoms with Crippen molar-refractivity contribution in [1.29, 1.82) is 0 Å². The molecule has 0 aromatic heterocycles. The number of hydrogen-bond acceptors (Lipinski definition) is 3. The second kappa shape index (κ2) is 5.61. The zero-order chi connectivity index (χ0) is 12.2. The van der Waals surface area contributed by atoms with Gasteiger partial charge in [0.1, 0.15) is 5.75 Å². The normalized spacial score (nSPS) is 22.3.